The van der Waals surface area contributed by atoms with E-state index in [-0.39, 0.29) is 23.1 Å². The van der Waals surface area contributed by atoms with Gasteiger partial charge in [0.1, 0.15) is 23.4 Å². The zero-order valence-electron chi connectivity index (χ0n) is 13.4. The number of rotatable bonds is 4. The van der Waals surface area contributed by atoms with E-state index in [2.05, 4.69) is 4.98 Å². The molecule has 24 heavy (non-hydrogen) atoms. The molecule has 0 fully saturated rings. The molecule has 4 nitrogen and oxygen atoms in total. The van der Waals surface area contributed by atoms with E-state index in [9.17, 15) is 13.6 Å². The van der Waals surface area contributed by atoms with Crippen LogP contribution in [0.4, 0.5) is 8.78 Å². The van der Waals surface area contributed by atoms with Crippen molar-refractivity contribution in [2.24, 2.45) is 0 Å². The SMILES string of the molecule is COC[C@@H]1CCc2c(-c3ccc(F)cc3F)cc(C(C)=O)nc2O1. The molecular formula is C18H17F2NO3. The number of hydrogen-bond acceptors (Lipinski definition) is 4. The molecule has 3 rings (SSSR count). The summed E-state index contributed by atoms with van der Waals surface area (Å²) in [6.07, 6.45) is 1.14. The number of carbonyl (C=O) groups excluding carboxylic acids is 1. The number of nitrogens with zero attached hydrogens (tertiary/aromatic N) is 1. The fourth-order valence-electron chi connectivity index (χ4n) is 2.84. The molecule has 0 N–H and O–H groups in total. The van der Waals surface area contributed by atoms with Crippen LogP contribution in [-0.2, 0) is 11.2 Å². The van der Waals surface area contributed by atoms with Crippen molar-refractivity contribution < 1.29 is 23.0 Å². The summed E-state index contributed by atoms with van der Waals surface area (Å²) in [4.78, 5) is 16.0. The number of pyridine rings is 1. The summed E-state index contributed by atoms with van der Waals surface area (Å²) in [7, 11) is 1.58. The van der Waals surface area contributed by atoms with E-state index in [0.29, 0.717) is 30.9 Å². The third-order valence-corrected chi connectivity index (χ3v) is 4.02. The van der Waals surface area contributed by atoms with Crippen LogP contribution in [0.5, 0.6) is 5.88 Å². The highest BCUT2D eigenvalue weighted by Crippen LogP contribution is 2.36. The van der Waals surface area contributed by atoms with Crippen LogP contribution in [0.25, 0.3) is 11.1 Å². The standard InChI is InChI=1S/C18H17F2NO3/c1-10(22)17-8-15(13-5-3-11(19)7-16(13)20)14-6-4-12(9-23-2)24-18(14)21-17/h3,5,7-8,12H,4,6,9H2,1-2H3/t12-/m0/s1. The first kappa shape index (κ1) is 16.5. The van der Waals surface area contributed by atoms with E-state index >= 15 is 0 Å². The Hall–Kier alpha value is -2.34. The Bertz CT molecular complexity index is 792. The van der Waals surface area contributed by atoms with Crippen LogP contribution in [0.1, 0.15) is 29.4 Å². The van der Waals surface area contributed by atoms with Gasteiger partial charge < -0.3 is 9.47 Å². The van der Waals surface area contributed by atoms with Crippen molar-refractivity contribution in [3.63, 3.8) is 0 Å². The minimum Gasteiger partial charge on any atom is -0.472 e. The number of methoxy groups -OCH3 is 1. The third-order valence-electron chi connectivity index (χ3n) is 4.02. The van der Waals surface area contributed by atoms with Gasteiger partial charge in [-0.2, -0.15) is 0 Å². The topological polar surface area (TPSA) is 48.4 Å². The van der Waals surface area contributed by atoms with Gasteiger partial charge >= 0.3 is 0 Å². The Kier molecular flexibility index (Phi) is 4.57. The van der Waals surface area contributed by atoms with Crippen molar-refractivity contribution in [3.05, 3.63) is 47.2 Å². The first-order chi connectivity index (χ1) is 11.5. The molecule has 2 heterocycles. The Morgan fingerprint density at radius 1 is 1.33 bits per heavy atom. The van der Waals surface area contributed by atoms with Crippen molar-refractivity contribution >= 4 is 5.78 Å². The molecule has 0 aliphatic carbocycles. The number of benzene rings is 1. The van der Waals surface area contributed by atoms with Gasteiger partial charge in [0.15, 0.2) is 5.78 Å². The van der Waals surface area contributed by atoms with Gasteiger partial charge in [-0.05, 0) is 36.6 Å². The predicted octanol–water partition coefficient (Wildman–Crippen LogP) is 3.57. The summed E-state index contributed by atoms with van der Waals surface area (Å²) in [6, 6.07) is 4.92. The monoisotopic (exact) mass is 333 g/mol. The van der Waals surface area contributed by atoms with Crippen LogP contribution < -0.4 is 4.74 Å². The zero-order valence-corrected chi connectivity index (χ0v) is 13.4. The Balaban J connectivity index is 2.13. The smallest absolute Gasteiger partial charge is 0.218 e. The maximum Gasteiger partial charge on any atom is 0.218 e. The first-order valence-corrected chi connectivity index (χ1v) is 7.65. The molecule has 0 saturated carbocycles. The van der Waals surface area contributed by atoms with Crippen molar-refractivity contribution in [1.82, 2.24) is 4.98 Å². The fourth-order valence-corrected chi connectivity index (χ4v) is 2.84. The lowest BCUT2D eigenvalue weighted by molar-refractivity contribution is 0.0639. The quantitative estimate of drug-likeness (QED) is 0.803. The number of hydrogen-bond donors (Lipinski definition) is 0. The van der Waals surface area contributed by atoms with E-state index in [1.807, 2.05) is 0 Å². The van der Waals surface area contributed by atoms with E-state index < -0.39 is 11.6 Å². The summed E-state index contributed by atoms with van der Waals surface area (Å²) < 4.78 is 38.3. The molecule has 1 aliphatic heterocycles. The number of ether oxygens (including phenoxy) is 2. The van der Waals surface area contributed by atoms with Gasteiger partial charge in [0, 0.05) is 31.2 Å². The van der Waals surface area contributed by atoms with Crippen LogP contribution in [0.2, 0.25) is 0 Å². The maximum atomic E-state index is 14.2. The number of fused-ring (bicyclic) bond motifs is 1. The van der Waals surface area contributed by atoms with Crippen LogP contribution in [-0.4, -0.2) is 30.6 Å². The van der Waals surface area contributed by atoms with Gasteiger partial charge in [-0.25, -0.2) is 13.8 Å². The van der Waals surface area contributed by atoms with Gasteiger partial charge in [0.2, 0.25) is 5.88 Å². The van der Waals surface area contributed by atoms with Gasteiger partial charge in [-0.15, -0.1) is 0 Å². The van der Waals surface area contributed by atoms with Crippen LogP contribution in [0, 0.1) is 11.6 Å². The van der Waals surface area contributed by atoms with Gasteiger partial charge in [-0.1, -0.05) is 0 Å². The molecule has 6 heteroatoms. The molecule has 1 atom stereocenters. The van der Waals surface area contributed by atoms with Crippen molar-refractivity contribution in [2.45, 2.75) is 25.9 Å². The predicted molar refractivity (Wildman–Crippen MR) is 84.2 cm³/mol. The first-order valence-electron chi connectivity index (χ1n) is 7.65. The molecule has 2 aromatic rings. The molecule has 0 saturated heterocycles. The molecule has 0 amide bonds. The second-order valence-electron chi connectivity index (χ2n) is 5.75. The molecule has 1 aromatic carbocycles. The number of ketones is 1. The number of Topliss-reactive ketones (excluding diaryl/α,β-unsaturated/α-hetero) is 1. The van der Waals surface area contributed by atoms with Gasteiger partial charge in [0.25, 0.3) is 0 Å². The van der Waals surface area contributed by atoms with Crippen molar-refractivity contribution in [2.75, 3.05) is 13.7 Å². The Labute approximate surface area is 138 Å². The summed E-state index contributed by atoms with van der Waals surface area (Å²) in [6.45, 7) is 1.79. The highest BCUT2D eigenvalue weighted by atomic mass is 19.1. The van der Waals surface area contributed by atoms with E-state index in [1.54, 1.807) is 7.11 Å². The lowest BCUT2D eigenvalue weighted by Gasteiger charge is -2.27. The minimum atomic E-state index is -0.683. The average molecular weight is 333 g/mol. The van der Waals surface area contributed by atoms with Crippen LogP contribution in [0.3, 0.4) is 0 Å². The molecule has 0 radical (unpaired) electrons. The highest BCUT2D eigenvalue weighted by molar-refractivity contribution is 5.94. The molecule has 1 aromatic heterocycles. The molecule has 0 spiro atoms. The zero-order chi connectivity index (χ0) is 17.3. The van der Waals surface area contributed by atoms with E-state index in [1.165, 1.54) is 25.1 Å². The highest BCUT2D eigenvalue weighted by Gasteiger charge is 2.26. The Morgan fingerprint density at radius 3 is 2.79 bits per heavy atom. The number of aromatic nitrogens is 1. The molecule has 126 valence electrons. The third kappa shape index (κ3) is 3.14. The van der Waals surface area contributed by atoms with Gasteiger partial charge in [0.05, 0.1) is 6.61 Å². The molecule has 1 aliphatic rings. The average Bonchev–Trinajstić information content (AvgIpc) is 2.54. The lowest BCUT2D eigenvalue weighted by atomic mass is 9.93. The second-order valence-corrected chi connectivity index (χ2v) is 5.75. The lowest BCUT2D eigenvalue weighted by Crippen LogP contribution is -2.28. The molecule has 0 unspecified atom stereocenters. The molecule has 0 bridgehead atoms. The second kappa shape index (κ2) is 6.65. The van der Waals surface area contributed by atoms with Crippen LogP contribution in [0.15, 0.2) is 24.3 Å². The van der Waals surface area contributed by atoms with E-state index in [0.717, 1.165) is 11.6 Å². The summed E-state index contributed by atoms with van der Waals surface area (Å²) in [5, 5.41) is 0. The normalized spacial score (nSPS) is 16.4. The summed E-state index contributed by atoms with van der Waals surface area (Å²) in [5.74, 6) is -1.27. The van der Waals surface area contributed by atoms with E-state index in [4.69, 9.17) is 9.47 Å². The Morgan fingerprint density at radius 2 is 2.12 bits per heavy atom. The maximum absolute atomic E-state index is 14.2. The minimum absolute atomic E-state index is 0.164. The number of carbonyl (C=O) groups is 1. The van der Waals surface area contributed by atoms with Crippen LogP contribution >= 0.6 is 0 Å². The largest absolute Gasteiger partial charge is 0.472 e. The summed E-state index contributed by atoms with van der Waals surface area (Å²) >= 11 is 0. The van der Waals surface area contributed by atoms with Crippen molar-refractivity contribution in [1.29, 1.82) is 0 Å². The van der Waals surface area contributed by atoms with Gasteiger partial charge in [-0.3, -0.25) is 4.79 Å². The summed E-state index contributed by atoms with van der Waals surface area (Å²) in [5.41, 5.74) is 1.65. The number of halogens is 2. The fraction of sp³-hybridized carbons (Fsp3) is 0.333. The molecular weight excluding hydrogens is 316 g/mol. The van der Waals surface area contributed by atoms with Crippen molar-refractivity contribution in [3.8, 4) is 17.0 Å².